The highest BCUT2D eigenvalue weighted by molar-refractivity contribution is 5.12. The van der Waals surface area contributed by atoms with Crippen molar-refractivity contribution in [2.75, 3.05) is 0 Å². The number of hydrogen-bond acceptors (Lipinski definition) is 0. The van der Waals surface area contributed by atoms with Crippen LogP contribution in [0.2, 0.25) is 0 Å². The molecular formula is C12H20. The van der Waals surface area contributed by atoms with Crippen LogP contribution in [0, 0.1) is 0 Å². The topological polar surface area (TPSA) is 0 Å². The Balaban J connectivity index is 3.96. The molecule has 0 amide bonds. The van der Waals surface area contributed by atoms with Gasteiger partial charge in [0.1, 0.15) is 0 Å². The van der Waals surface area contributed by atoms with Gasteiger partial charge in [0, 0.05) is 0 Å². The first kappa shape index (κ1) is 11.2. The van der Waals surface area contributed by atoms with Crippen molar-refractivity contribution < 1.29 is 0 Å². The zero-order valence-electron chi connectivity index (χ0n) is 8.56. The molecular weight excluding hydrogens is 144 g/mol. The lowest BCUT2D eigenvalue weighted by Crippen LogP contribution is -1.80. The van der Waals surface area contributed by atoms with Gasteiger partial charge in [-0.05, 0) is 33.1 Å². The zero-order valence-corrected chi connectivity index (χ0v) is 8.56. The molecule has 0 spiro atoms. The molecule has 0 heterocycles. The quantitative estimate of drug-likeness (QED) is 0.533. The van der Waals surface area contributed by atoms with Crippen molar-refractivity contribution >= 4 is 0 Å². The molecule has 0 rings (SSSR count). The second-order valence-corrected chi connectivity index (χ2v) is 3.05. The molecule has 0 aliphatic heterocycles. The zero-order chi connectivity index (χ0) is 9.40. The smallest absolute Gasteiger partial charge is 0.0133 e. The van der Waals surface area contributed by atoms with E-state index in [-0.39, 0.29) is 0 Å². The van der Waals surface area contributed by atoms with E-state index in [4.69, 9.17) is 0 Å². The summed E-state index contributed by atoms with van der Waals surface area (Å²) >= 11 is 0. The van der Waals surface area contributed by atoms with Gasteiger partial charge in [0.2, 0.25) is 0 Å². The molecule has 0 aliphatic rings. The monoisotopic (exact) mass is 164 g/mol. The molecule has 0 saturated heterocycles. The Morgan fingerprint density at radius 1 is 1.33 bits per heavy atom. The van der Waals surface area contributed by atoms with E-state index in [1.54, 1.807) is 0 Å². The Morgan fingerprint density at radius 2 is 2.00 bits per heavy atom. The Bertz CT molecular complexity index is 182. The molecule has 0 aromatic carbocycles. The largest absolute Gasteiger partial charge is 0.103 e. The molecule has 0 fully saturated rings. The van der Waals surface area contributed by atoms with E-state index in [2.05, 4.69) is 39.5 Å². The van der Waals surface area contributed by atoms with Crippen molar-refractivity contribution in [3.63, 3.8) is 0 Å². The molecule has 0 unspecified atom stereocenters. The molecule has 0 atom stereocenters. The summed E-state index contributed by atoms with van der Waals surface area (Å²) in [6.07, 6.45) is 9.71. The lowest BCUT2D eigenvalue weighted by molar-refractivity contribution is 1.04. The minimum absolute atomic E-state index is 1.02. The summed E-state index contributed by atoms with van der Waals surface area (Å²) in [6, 6.07) is 0. The summed E-state index contributed by atoms with van der Waals surface area (Å²) < 4.78 is 0. The van der Waals surface area contributed by atoms with Crippen LogP contribution in [0.4, 0.5) is 0 Å². The van der Waals surface area contributed by atoms with Gasteiger partial charge in [-0.25, -0.2) is 0 Å². The second kappa shape index (κ2) is 6.90. The third kappa shape index (κ3) is 4.95. The van der Waals surface area contributed by atoms with Crippen molar-refractivity contribution in [3.05, 3.63) is 36.0 Å². The van der Waals surface area contributed by atoms with Crippen LogP contribution in [0.15, 0.2) is 36.0 Å². The van der Waals surface area contributed by atoms with E-state index >= 15 is 0 Å². The van der Waals surface area contributed by atoms with Crippen molar-refractivity contribution in [1.29, 1.82) is 0 Å². The second-order valence-electron chi connectivity index (χ2n) is 3.05. The van der Waals surface area contributed by atoms with E-state index in [0.717, 1.165) is 19.3 Å². The van der Waals surface area contributed by atoms with E-state index < -0.39 is 0 Å². The van der Waals surface area contributed by atoms with E-state index in [1.807, 2.05) is 6.08 Å². The highest BCUT2D eigenvalue weighted by Gasteiger charge is 1.90. The summed E-state index contributed by atoms with van der Waals surface area (Å²) in [5.41, 5.74) is 2.93. The molecule has 0 aliphatic carbocycles. The third-order valence-corrected chi connectivity index (χ3v) is 2.09. The SMILES string of the molecule is C=CCC(=CC)CC=C(C)CC. The first-order valence-corrected chi connectivity index (χ1v) is 4.65. The molecule has 0 bridgehead atoms. The van der Waals surface area contributed by atoms with Crippen LogP contribution in [0.3, 0.4) is 0 Å². The summed E-state index contributed by atoms with van der Waals surface area (Å²) in [7, 11) is 0. The maximum Gasteiger partial charge on any atom is -0.0133 e. The highest BCUT2D eigenvalue weighted by atomic mass is 14.0. The van der Waals surface area contributed by atoms with Crippen LogP contribution in [-0.4, -0.2) is 0 Å². The predicted molar refractivity (Wildman–Crippen MR) is 57.2 cm³/mol. The summed E-state index contributed by atoms with van der Waals surface area (Å²) in [5, 5.41) is 0. The van der Waals surface area contributed by atoms with Crippen LogP contribution < -0.4 is 0 Å². The van der Waals surface area contributed by atoms with Crippen LogP contribution >= 0.6 is 0 Å². The minimum Gasteiger partial charge on any atom is -0.103 e. The van der Waals surface area contributed by atoms with Crippen molar-refractivity contribution in [3.8, 4) is 0 Å². The van der Waals surface area contributed by atoms with Gasteiger partial charge in [0.25, 0.3) is 0 Å². The van der Waals surface area contributed by atoms with E-state index in [9.17, 15) is 0 Å². The first-order chi connectivity index (χ1) is 5.74. The Kier molecular flexibility index (Phi) is 6.45. The lowest BCUT2D eigenvalue weighted by Gasteiger charge is -2.00. The fraction of sp³-hybridized carbons (Fsp3) is 0.500. The normalized spacial score (nSPS) is 13.2. The molecule has 12 heavy (non-hydrogen) atoms. The maximum absolute atomic E-state index is 3.73. The Hall–Kier alpha value is -0.780. The van der Waals surface area contributed by atoms with Crippen LogP contribution in [0.25, 0.3) is 0 Å². The predicted octanol–water partition coefficient (Wildman–Crippen LogP) is 4.26. The lowest BCUT2D eigenvalue weighted by atomic mass is 10.1. The number of hydrogen-bond donors (Lipinski definition) is 0. The fourth-order valence-corrected chi connectivity index (χ4v) is 0.954. The molecule has 0 aromatic heterocycles. The standard InChI is InChI=1S/C12H20/c1-5-8-12(7-3)10-9-11(4)6-2/h5,7,9H,1,6,8,10H2,2-4H3. The van der Waals surface area contributed by atoms with Gasteiger partial charge in [-0.2, -0.15) is 0 Å². The maximum atomic E-state index is 3.73. The van der Waals surface area contributed by atoms with Gasteiger partial charge in [0.15, 0.2) is 0 Å². The summed E-state index contributed by atoms with van der Waals surface area (Å²) in [6.45, 7) is 10.2. The first-order valence-electron chi connectivity index (χ1n) is 4.65. The number of allylic oxidation sites excluding steroid dienone is 5. The van der Waals surface area contributed by atoms with Gasteiger partial charge in [0.05, 0.1) is 0 Å². The van der Waals surface area contributed by atoms with Gasteiger partial charge in [-0.1, -0.05) is 36.3 Å². The van der Waals surface area contributed by atoms with E-state index in [1.165, 1.54) is 11.1 Å². The highest BCUT2D eigenvalue weighted by Crippen LogP contribution is 2.10. The average Bonchev–Trinajstić information content (AvgIpc) is 2.11. The molecule has 0 aromatic rings. The van der Waals surface area contributed by atoms with Gasteiger partial charge < -0.3 is 0 Å². The molecule has 68 valence electrons. The van der Waals surface area contributed by atoms with Crippen molar-refractivity contribution in [2.45, 2.75) is 40.0 Å². The fourth-order valence-electron chi connectivity index (χ4n) is 0.954. The van der Waals surface area contributed by atoms with Crippen molar-refractivity contribution in [2.24, 2.45) is 0 Å². The van der Waals surface area contributed by atoms with Crippen LogP contribution in [0.1, 0.15) is 40.0 Å². The summed E-state index contributed by atoms with van der Waals surface area (Å²) in [5.74, 6) is 0. The summed E-state index contributed by atoms with van der Waals surface area (Å²) in [4.78, 5) is 0. The van der Waals surface area contributed by atoms with E-state index in [0.29, 0.717) is 0 Å². The Labute approximate surface area is 76.7 Å². The molecule has 0 saturated carbocycles. The van der Waals surface area contributed by atoms with Crippen LogP contribution in [-0.2, 0) is 0 Å². The minimum atomic E-state index is 1.02. The van der Waals surface area contributed by atoms with Crippen LogP contribution in [0.5, 0.6) is 0 Å². The molecule has 0 nitrogen and oxygen atoms in total. The average molecular weight is 164 g/mol. The van der Waals surface area contributed by atoms with Gasteiger partial charge >= 0.3 is 0 Å². The molecule has 0 N–H and O–H groups in total. The number of rotatable bonds is 5. The van der Waals surface area contributed by atoms with Crippen molar-refractivity contribution in [1.82, 2.24) is 0 Å². The molecule has 0 radical (unpaired) electrons. The third-order valence-electron chi connectivity index (χ3n) is 2.09. The molecule has 0 heteroatoms. The van der Waals surface area contributed by atoms with Gasteiger partial charge in [-0.3, -0.25) is 0 Å². The van der Waals surface area contributed by atoms with Gasteiger partial charge in [-0.15, -0.1) is 6.58 Å². The Morgan fingerprint density at radius 3 is 2.42 bits per heavy atom.